The normalized spacial score (nSPS) is 12.7. The van der Waals surface area contributed by atoms with Crippen LogP contribution in [0.1, 0.15) is 35.5 Å². The highest BCUT2D eigenvalue weighted by Gasteiger charge is 2.16. The maximum Gasteiger partial charge on any atom is 0.0596 e. The van der Waals surface area contributed by atoms with Gasteiger partial charge in [0.1, 0.15) is 0 Å². The molecule has 2 rings (SSSR count). The summed E-state index contributed by atoms with van der Waals surface area (Å²) in [6.45, 7) is 7.15. The van der Waals surface area contributed by atoms with Crippen molar-refractivity contribution < 1.29 is 0 Å². The average Bonchev–Trinajstić information content (AvgIpc) is 2.71. The Labute approximate surface area is 126 Å². The first-order valence-electron chi connectivity index (χ1n) is 7.00. The van der Waals surface area contributed by atoms with Crippen LogP contribution in [-0.2, 0) is 13.5 Å². The fraction of sp³-hybridized carbons (Fsp3) is 0.438. The topological polar surface area (TPSA) is 29.9 Å². The van der Waals surface area contributed by atoms with Crippen LogP contribution in [0.3, 0.4) is 0 Å². The van der Waals surface area contributed by atoms with Crippen molar-refractivity contribution in [2.75, 3.05) is 6.54 Å². The maximum atomic E-state index is 6.25. The van der Waals surface area contributed by atoms with E-state index in [-0.39, 0.29) is 6.04 Å². The van der Waals surface area contributed by atoms with Crippen molar-refractivity contribution >= 4 is 11.6 Å². The van der Waals surface area contributed by atoms with Gasteiger partial charge >= 0.3 is 0 Å². The lowest BCUT2D eigenvalue weighted by Gasteiger charge is -2.21. The summed E-state index contributed by atoms with van der Waals surface area (Å²) < 4.78 is 1.96. The molecule has 0 bridgehead atoms. The highest BCUT2D eigenvalue weighted by atomic mass is 35.5. The molecule has 0 saturated heterocycles. The first kappa shape index (κ1) is 15.1. The van der Waals surface area contributed by atoms with E-state index in [9.17, 15) is 0 Å². The Morgan fingerprint density at radius 2 is 2.10 bits per heavy atom. The lowest BCUT2D eigenvalue weighted by Crippen LogP contribution is -2.24. The number of rotatable bonds is 5. The predicted molar refractivity (Wildman–Crippen MR) is 84.3 cm³/mol. The zero-order valence-electron chi connectivity index (χ0n) is 12.6. The van der Waals surface area contributed by atoms with Gasteiger partial charge in [-0.1, -0.05) is 30.7 Å². The highest BCUT2D eigenvalue weighted by Crippen LogP contribution is 2.26. The van der Waals surface area contributed by atoms with Gasteiger partial charge in [-0.3, -0.25) is 4.68 Å². The van der Waals surface area contributed by atoms with Crippen LogP contribution in [0.4, 0.5) is 0 Å². The molecule has 0 aliphatic heterocycles. The first-order valence-corrected chi connectivity index (χ1v) is 7.38. The number of hydrogen-bond donors (Lipinski definition) is 1. The summed E-state index contributed by atoms with van der Waals surface area (Å²) >= 11 is 6.25. The minimum Gasteiger partial charge on any atom is -0.310 e. The fourth-order valence-electron chi connectivity index (χ4n) is 2.60. The van der Waals surface area contributed by atoms with Crippen LogP contribution >= 0.6 is 11.6 Å². The van der Waals surface area contributed by atoms with Crippen molar-refractivity contribution in [2.24, 2.45) is 7.05 Å². The zero-order chi connectivity index (χ0) is 14.7. The molecule has 3 nitrogen and oxygen atoms in total. The number of likely N-dealkylation sites (N-methyl/N-ethyl adjacent to an activating group) is 1. The first-order chi connectivity index (χ1) is 9.52. The molecule has 0 amide bonds. The lowest BCUT2D eigenvalue weighted by atomic mass is 9.97. The molecule has 108 valence electrons. The molecule has 1 aromatic carbocycles. The van der Waals surface area contributed by atoms with Gasteiger partial charge in [-0.15, -0.1) is 0 Å². The molecule has 0 radical (unpaired) electrons. The van der Waals surface area contributed by atoms with Crippen molar-refractivity contribution in [3.05, 3.63) is 51.8 Å². The Morgan fingerprint density at radius 1 is 1.35 bits per heavy atom. The van der Waals surface area contributed by atoms with E-state index in [0.29, 0.717) is 0 Å². The summed E-state index contributed by atoms with van der Waals surface area (Å²) in [5.74, 6) is 0. The van der Waals surface area contributed by atoms with E-state index in [0.717, 1.165) is 29.2 Å². The van der Waals surface area contributed by atoms with E-state index >= 15 is 0 Å². The minimum atomic E-state index is 0.258. The molecular formula is C16H22ClN3. The number of nitrogens with one attached hydrogen (secondary N) is 1. The summed E-state index contributed by atoms with van der Waals surface area (Å²) in [5.41, 5.74) is 4.70. The van der Waals surface area contributed by atoms with E-state index in [4.69, 9.17) is 11.6 Å². The van der Waals surface area contributed by atoms with E-state index in [1.54, 1.807) is 0 Å². The van der Waals surface area contributed by atoms with Gasteiger partial charge in [0.05, 0.1) is 5.69 Å². The molecule has 4 heteroatoms. The fourth-order valence-corrected chi connectivity index (χ4v) is 2.79. The van der Waals surface area contributed by atoms with Crippen molar-refractivity contribution in [1.82, 2.24) is 15.1 Å². The number of aryl methyl sites for hydroxylation is 2. The summed E-state index contributed by atoms with van der Waals surface area (Å²) in [6, 6.07) is 8.51. The molecule has 2 aromatic rings. The standard InChI is InChI=1S/C16H22ClN3/c1-5-18-16(10-13-9-11(2)19-20(13)4)14-7-6-8-15(17)12(14)3/h6-9,16,18H,5,10H2,1-4H3. The molecule has 0 aliphatic rings. The minimum absolute atomic E-state index is 0.258. The van der Waals surface area contributed by atoms with Crippen LogP contribution in [0, 0.1) is 13.8 Å². The van der Waals surface area contributed by atoms with Crippen LogP contribution in [0.15, 0.2) is 24.3 Å². The molecule has 1 heterocycles. The number of hydrogen-bond acceptors (Lipinski definition) is 2. The van der Waals surface area contributed by atoms with Gasteiger partial charge in [0.15, 0.2) is 0 Å². The molecule has 0 aliphatic carbocycles. The molecule has 20 heavy (non-hydrogen) atoms. The van der Waals surface area contributed by atoms with Crippen molar-refractivity contribution in [1.29, 1.82) is 0 Å². The molecule has 0 saturated carbocycles. The third-order valence-electron chi connectivity index (χ3n) is 3.65. The van der Waals surface area contributed by atoms with Gasteiger partial charge in [0.2, 0.25) is 0 Å². The van der Waals surface area contributed by atoms with Gasteiger partial charge in [-0.05, 0) is 43.7 Å². The predicted octanol–water partition coefficient (Wildman–Crippen LogP) is 3.58. The lowest BCUT2D eigenvalue weighted by molar-refractivity contribution is 0.526. The van der Waals surface area contributed by atoms with Gasteiger partial charge < -0.3 is 5.32 Å². The summed E-state index contributed by atoms with van der Waals surface area (Å²) in [4.78, 5) is 0. The molecule has 1 atom stereocenters. The largest absolute Gasteiger partial charge is 0.310 e. The Kier molecular flexibility index (Phi) is 4.84. The molecule has 0 spiro atoms. The molecular weight excluding hydrogens is 270 g/mol. The average molecular weight is 292 g/mol. The Bertz CT molecular complexity index is 589. The SMILES string of the molecule is CCNC(Cc1cc(C)nn1C)c1cccc(Cl)c1C. The third-order valence-corrected chi connectivity index (χ3v) is 4.06. The second-order valence-electron chi connectivity index (χ2n) is 5.17. The number of aromatic nitrogens is 2. The summed E-state index contributed by atoms with van der Waals surface area (Å²) in [6.07, 6.45) is 0.909. The smallest absolute Gasteiger partial charge is 0.0596 e. The molecule has 1 unspecified atom stereocenters. The quantitative estimate of drug-likeness (QED) is 0.912. The number of benzene rings is 1. The monoisotopic (exact) mass is 291 g/mol. The van der Waals surface area contributed by atoms with E-state index in [1.807, 2.05) is 30.8 Å². The van der Waals surface area contributed by atoms with Gasteiger partial charge in [-0.25, -0.2) is 0 Å². The maximum absolute atomic E-state index is 6.25. The van der Waals surface area contributed by atoms with Crippen LogP contribution in [0.2, 0.25) is 5.02 Å². The van der Waals surface area contributed by atoms with Crippen molar-refractivity contribution in [2.45, 2.75) is 33.2 Å². The van der Waals surface area contributed by atoms with Gasteiger partial charge in [-0.2, -0.15) is 5.10 Å². The van der Waals surface area contributed by atoms with Crippen molar-refractivity contribution in [3.8, 4) is 0 Å². The van der Waals surface area contributed by atoms with Gasteiger partial charge in [0.25, 0.3) is 0 Å². The van der Waals surface area contributed by atoms with Crippen molar-refractivity contribution in [3.63, 3.8) is 0 Å². The van der Waals surface area contributed by atoms with Crippen LogP contribution in [0.5, 0.6) is 0 Å². The highest BCUT2D eigenvalue weighted by molar-refractivity contribution is 6.31. The van der Waals surface area contributed by atoms with Gasteiger partial charge in [0, 0.05) is 30.2 Å². The molecule has 0 fully saturated rings. The Hall–Kier alpha value is -1.32. The molecule has 1 aromatic heterocycles. The Morgan fingerprint density at radius 3 is 2.70 bits per heavy atom. The van der Waals surface area contributed by atoms with E-state index in [2.05, 4.69) is 36.4 Å². The van der Waals surface area contributed by atoms with Crippen LogP contribution in [-0.4, -0.2) is 16.3 Å². The van der Waals surface area contributed by atoms with E-state index in [1.165, 1.54) is 11.3 Å². The summed E-state index contributed by atoms with van der Waals surface area (Å²) in [7, 11) is 2.00. The third kappa shape index (κ3) is 3.22. The molecule has 1 N–H and O–H groups in total. The zero-order valence-corrected chi connectivity index (χ0v) is 13.3. The van der Waals surface area contributed by atoms with Crippen LogP contribution < -0.4 is 5.32 Å². The second kappa shape index (κ2) is 6.42. The number of halogens is 1. The Balaban J connectivity index is 2.31. The van der Waals surface area contributed by atoms with E-state index < -0.39 is 0 Å². The summed E-state index contributed by atoms with van der Waals surface area (Å²) in [5, 5.41) is 8.80. The second-order valence-corrected chi connectivity index (χ2v) is 5.58. The number of nitrogens with zero attached hydrogens (tertiary/aromatic N) is 2. The van der Waals surface area contributed by atoms with Crippen LogP contribution in [0.25, 0.3) is 0 Å².